The molecule has 0 unspecified atom stereocenters. The van der Waals surface area contributed by atoms with Gasteiger partial charge < -0.3 is 9.80 Å². The average Bonchev–Trinajstić information content (AvgIpc) is 2.82. The molecule has 2 rings (SSSR count). The van der Waals surface area contributed by atoms with E-state index in [0.717, 1.165) is 13.1 Å². The molecule has 0 spiro atoms. The van der Waals surface area contributed by atoms with Gasteiger partial charge >= 0.3 is 11.8 Å². The van der Waals surface area contributed by atoms with Gasteiger partial charge in [-0.3, -0.25) is 14.9 Å². The van der Waals surface area contributed by atoms with Crippen LogP contribution in [-0.4, -0.2) is 70.0 Å². The van der Waals surface area contributed by atoms with Gasteiger partial charge in [0.2, 0.25) is 5.95 Å². The van der Waals surface area contributed by atoms with Crippen LogP contribution in [0, 0.1) is 0 Å². The molecular weight excluding hydrogens is 224 g/mol. The highest BCUT2D eigenvalue weighted by molar-refractivity contribution is 6.39. The average molecular weight is 238 g/mol. The van der Waals surface area contributed by atoms with Crippen LogP contribution in [0.4, 0.5) is 5.95 Å². The maximum atomic E-state index is 11.8. The number of nitrogens with zero attached hydrogens (tertiary/aromatic N) is 4. The number of nitrogens with one attached hydrogen (secondary N) is 2. The first kappa shape index (κ1) is 11.5. The second-order valence-corrected chi connectivity index (χ2v) is 3.88. The molecule has 1 saturated heterocycles. The third-order valence-electron chi connectivity index (χ3n) is 2.63. The van der Waals surface area contributed by atoms with E-state index in [0.29, 0.717) is 13.1 Å². The first-order chi connectivity index (χ1) is 8.16. The van der Waals surface area contributed by atoms with Crippen molar-refractivity contribution in [2.75, 3.05) is 38.5 Å². The molecule has 8 heteroatoms. The number of anilines is 1. The van der Waals surface area contributed by atoms with Crippen molar-refractivity contribution in [3.63, 3.8) is 0 Å². The van der Waals surface area contributed by atoms with Crippen molar-refractivity contribution in [3.8, 4) is 0 Å². The SMILES string of the molecule is CN1CCN(C(=O)C(=O)Nc2ncn[nH]2)CC1. The summed E-state index contributed by atoms with van der Waals surface area (Å²) in [6.07, 6.45) is 1.26. The van der Waals surface area contributed by atoms with Gasteiger partial charge in [0.1, 0.15) is 6.33 Å². The molecule has 17 heavy (non-hydrogen) atoms. The number of carbonyl (C=O) groups is 2. The number of H-pyrrole nitrogens is 1. The third-order valence-corrected chi connectivity index (χ3v) is 2.63. The minimum Gasteiger partial charge on any atom is -0.332 e. The Bertz CT molecular complexity index is 396. The van der Waals surface area contributed by atoms with Crippen LogP contribution in [-0.2, 0) is 9.59 Å². The highest BCUT2D eigenvalue weighted by Gasteiger charge is 2.25. The van der Waals surface area contributed by atoms with E-state index in [1.54, 1.807) is 0 Å². The monoisotopic (exact) mass is 238 g/mol. The molecule has 0 radical (unpaired) electrons. The number of hydrogen-bond donors (Lipinski definition) is 2. The second-order valence-electron chi connectivity index (χ2n) is 3.88. The Morgan fingerprint density at radius 3 is 2.65 bits per heavy atom. The Labute approximate surface area is 98.0 Å². The summed E-state index contributed by atoms with van der Waals surface area (Å²) in [5.74, 6) is -1.04. The first-order valence-electron chi connectivity index (χ1n) is 5.31. The number of carbonyl (C=O) groups excluding carboxylic acids is 2. The minimum atomic E-state index is -0.689. The van der Waals surface area contributed by atoms with Gasteiger partial charge in [-0.2, -0.15) is 10.1 Å². The van der Waals surface area contributed by atoms with Crippen molar-refractivity contribution in [2.24, 2.45) is 0 Å². The van der Waals surface area contributed by atoms with Crippen LogP contribution in [0.25, 0.3) is 0 Å². The topological polar surface area (TPSA) is 94.2 Å². The first-order valence-corrected chi connectivity index (χ1v) is 5.31. The number of likely N-dealkylation sites (N-methyl/N-ethyl adjacent to an activating group) is 1. The minimum absolute atomic E-state index is 0.178. The summed E-state index contributed by atoms with van der Waals surface area (Å²) in [5, 5.41) is 8.39. The molecule has 8 nitrogen and oxygen atoms in total. The van der Waals surface area contributed by atoms with Crippen molar-refractivity contribution in [3.05, 3.63) is 6.33 Å². The fourth-order valence-electron chi connectivity index (χ4n) is 1.58. The fraction of sp³-hybridized carbons (Fsp3) is 0.556. The molecule has 2 N–H and O–H groups in total. The number of amides is 2. The molecule has 0 atom stereocenters. The molecule has 0 aromatic carbocycles. The quantitative estimate of drug-likeness (QED) is 0.582. The number of aromatic amines is 1. The van der Waals surface area contributed by atoms with Crippen molar-refractivity contribution >= 4 is 17.8 Å². The van der Waals surface area contributed by atoms with Gasteiger partial charge in [-0.25, -0.2) is 5.10 Å². The molecule has 1 aromatic rings. The number of hydrogen-bond acceptors (Lipinski definition) is 5. The maximum absolute atomic E-state index is 11.8. The largest absolute Gasteiger partial charge is 0.332 e. The Kier molecular flexibility index (Phi) is 3.33. The molecule has 0 aliphatic carbocycles. The molecule has 0 saturated carbocycles. The summed E-state index contributed by atoms with van der Waals surface area (Å²) in [6.45, 7) is 2.70. The lowest BCUT2D eigenvalue weighted by Crippen LogP contribution is -2.50. The van der Waals surface area contributed by atoms with Crippen molar-refractivity contribution in [1.82, 2.24) is 25.0 Å². The van der Waals surface area contributed by atoms with Crippen molar-refractivity contribution in [1.29, 1.82) is 0 Å². The number of aromatic nitrogens is 3. The zero-order valence-corrected chi connectivity index (χ0v) is 9.51. The summed E-state index contributed by atoms with van der Waals surface area (Å²) in [6, 6.07) is 0. The highest BCUT2D eigenvalue weighted by Crippen LogP contribution is 2.01. The molecule has 92 valence electrons. The summed E-state index contributed by atoms with van der Waals surface area (Å²) >= 11 is 0. The van der Waals surface area contributed by atoms with Crippen LogP contribution < -0.4 is 5.32 Å². The summed E-state index contributed by atoms with van der Waals surface area (Å²) in [4.78, 5) is 30.7. The van der Waals surface area contributed by atoms with Crippen LogP contribution in [0.5, 0.6) is 0 Å². The molecular formula is C9H14N6O2. The standard InChI is InChI=1S/C9H14N6O2/c1-14-2-4-15(5-3-14)8(17)7(16)12-9-10-6-11-13-9/h6H,2-5H2,1H3,(H2,10,11,12,13,16). The van der Waals surface area contributed by atoms with Crippen LogP contribution in [0.3, 0.4) is 0 Å². The van der Waals surface area contributed by atoms with Crippen LogP contribution in [0.15, 0.2) is 6.33 Å². The van der Waals surface area contributed by atoms with E-state index in [-0.39, 0.29) is 5.95 Å². The van der Waals surface area contributed by atoms with Crippen LogP contribution in [0.2, 0.25) is 0 Å². The number of piperazine rings is 1. The highest BCUT2D eigenvalue weighted by atomic mass is 16.2. The predicted octanol–water partition coefficient (Wildman–Crippen LogP) is -1.48. The van der Waals surface area contributed by atoms with Crippen molar-refractivity contribution < 1.29 is 9.59 Å². The predicted molar refractivity (Wildman–Crippen MR) is 59.1 cm³/mol. The molecule has 2 amide bonds. The third kappa shape index (κ3) is 2.78. The van der Waals surface area contributed by atoms with Gasteiger partial charge in [0, 0.05) is 26.2 Å². The van der Waals surface area contributed by atoms with Gasteiger partial charge in [0.15, 0.2) is 0 Å². The lowest BCUT2D eigenvalue weighted by molar-refractivity contribution is -0.144. The lowest BCUT2D eigenvalue weighted by atomic mass is 10.3. The summed E-state index contributed by atoms with van der Waals surface area (Å²) < 4.78 is 0. The Morgan fingerprint density at radius 2 is 2.06 bits per heavy atom. The second kappa shape index (κ2) is 4.91. The van der Waals surface area contributed by atoms with E-state index in [1.165, 1.54) is 11.2 Å². The number of rotatable bonds is 1. The Morgan fingerprint density at radius 1 is 1.35 bits per heavy atom. The van der Waals surface area contributed by atoms with Crippen LogP contribution in [0.1, 0.15) is 0 Å². The zero-order valence-electron chi connectivity index (χ0n) is 9.51. The van der Waals surface area contributed by atoms with Gasteiger partial charge in [-0.05, 0) is 7.05 Å². The van der Waals surface area contributed by atoms with Gasteiger partial charge in [-0.15, -0.1) is 0 Å². The Balaban J connectivity index is 1.89. The molecule has 1 fully saturated rings. The van der Waals surface area contributed by atoms with E-state index in [2.05, 4.69) is 25.4 Å². The summed E-state index contributed by atoms with van der Waals surface area (Å²) in [7, 11) is 1.98. The normalized spacial score (nSPS) is 16.9. The molecule has 1 aliphatic heterocycles. The van der Waals surface area contributed by atoms with Gasteiger partial charge in [0.05, 0.1) is 0 Å². The molecule has 1 aliphatic rings. The van der Waals surface area contributed by atoms with E-state index < -0.39 is 11.8 Å². The molecule has 0 bridgehead atoms. The van der Waals surface area contributed by atoms with E-state index >= 15 is 0 Å². The van der Waals surface area contributed by atoms with Gasteiger partial charge in [0.25, 0.3) is 0 Å². The lowest BCUT2D eigenvalue weighted by Gasteiger charge is -2.31. The van der Waals surface area contributed by atoms with Crippen LogP contribution >= 0.6 is 0 Å². The van der Waals surface area contributed by atoms with E-state index in [9.17, 15) is 9.59 Å². The van der Waals surface area contributed by atoms with E-state index in [4.69, 9.17) is 0 Å². The smallest absolute Gasteiger partial charge is 0.316 e. The van der Waals surface area contributed by atoms with Crippen molar-refractivity contribution in [2.45, 2.75) is 0 Å². The van der Waals surface area contributed by atoms with E-state index in [1.807, 2.05) is 7.05 Å². The zero-order chi connectivity index (χ0) is 12.3. The summed E-state index contributed by atoms with van der Waals surface area (Å²) in [5.41, 5.74) is 0. The van der Waals surface area contributed by atoms with Gasteiger partial charge in [-0.1, -0.05) is 0 Å². The fourth-order valence-corrected chi connectivity index (χ4v) is 1.58. The Hall–Kier alpha value is -1.96. The molecule has 1 aromatic heterocycles. The molecule has 2 heterocycles. The maximum Gasteiger partial charge on any atom is 0.316 e.